The van der Waals surface area contributed by atoms with Crippen molar-refractivity contribution in [2.75, 3.05) is 7.11 Å². The molecule has 0 bridgehead atoms. The zero-order valence-corrected chi connectivity index (χ0v) is 12.2. The normalized spacial score (nSPS) is 10.1. The van der Waals surface area contributed by atoms with E-state index in [0.717, 1.165) is 11.8 Å². The highest BCUT2D eigenvalue weighted by Crippen LogP contribution is 2.19. The fourth-order valence-electron chi connectivity index (χ4n) is 1.52. The second-order valence-electron chi connectivity index (χ2n) is 3.84. The van der Waals surface area contributed by atoms with Crippen molar-refractivity contribution in [3.63, 3.8) is 0 Å². The third kappa shape index (κ3) is 3.08. The molecule has 6 heteroatoms. The number of halogens is 1. The van der Waals surface area contributed by atoms with Crippen LogP contribution in [-0.2, 0) is 11.3 Å². The molecule has 0 atom stereocenters. The molecule has 2 aromatic rings. The van der Waals surface area contributed by atoms with Gasteiger partial charge in [-0.2, -0.15) is 0 Å². The summed E-state index contributed by atoms with van der Waals surface area (Å²) >= 11 is 3.04. The summed E-state index contributed by atoms with van der Waals surface area (Å²) in [5.74, 6) is -1.19. The lowest BCUT2D eigenvalue weighted by atomic mass is 10.2. The summed E-state index contributed by atoms with van der Waals surface area (Å²) in [6.07, 6.45) is 1.13. The number of carbonyl (C=O) groups excluding carboxylic acids is 1. The first-order valence-electron chi connectivity index (χ1n) is 5.70. The molecule has 0 saturated carbocycles. The number of rotatable bonds is 4. The molecule has 0 fully saturated rings. The van der Waals surface area contributed by atoms with Gasteiger partial charge in [0.25, 0.3) is 5.76 Å². The van der Waals surface area contributed by atoms with E-state index in [1.54, 1.807) is 0 Å². The van der Waals surface area contributed by atoms with Gasteiger partial charge in [0.15, 0.2) is 0 Å². The topological polar surface area (TPSA) is 65.7 Å². The second-order valence-corrected chi connectivity index (χ2v) is 4.69. The molecule has 0 aliphatic heterocycles. The zero-order valence-electron chi connectivity index (χ0n) is 10.6. The van der Waals surface area contributed by atoms with E-state index in [1.807, 2.05) is 30.3 Å². The van der Waals surface area contributed by atoms with E-state index in [1.165, 1.54) is 7.11 Å². The zero-order chi connectivity index (χ0) is 14.5. The second kappa shape index (κ2) is 6.38. The monoisotopic (exact) mass is 338 g/mol. The van der Waals surface area contributed by atoms with Crippen LogP contribution in [0.25, 0.3) is 0 Å². The van der Waals surface area contributed by atoms with Gasteiger partial charge in [0.2, 0.25) is 11.2 Å². The van der Waals surface area contributed by atoms with Crippen molar-refractivity contribution in [1.82, 2.24) is 0 Å². The molecule has 0 spiro atoms. The third-order valence-electron chi connectivity index (χ3n) is 2.51. The summed E-state index contributed by atoms with van der Waals surface area (Å²) in [4.78, 5) is 23.6. The molecule has 0 unspecified atom stereocenters. The van der Waals surface area contributed by atoms with Crippen LogP contribution in [0.2, 0.25) is 0 Å². The van der Waals surface area contributed by atoms with Crippen molar-refractivity contribution in [1.29, 1.82) is 0 Å². The van der Waals surface area contributed by atoms with Crippen LogP contribution >= 0.6 is 15.9 Å². The van der Waals surface area contributed by atoms with Crippen molar-refractivity contribution >= 4 is 21.9 Å². The van der Waals surface area contributed by atoms with Crippen molar-refractivity contribution < 1.29 is 18.7 Å². The van der Waals surface area contributed by atoms with E-state index in [4.69, 9.17) is 9.15 Å². The van der Waals surface area contributed by atoms with Crippen molar-refractivity contribution in [3.8, 4) is 5.75 Å². The first-order chi connectivity index (χ1) is 9.63. The number of methoxy groups -OCH3 is 1. The van der Waals surface area contributed by atoms with Gasteiger partial charge < -0.3 is 13.9 Å². The molecule has 0 saturated heterocycles. The van der Waals surface area contributed by atoms with E-state index in [0.29, 0.717) is 0 Å². The molecule has 104 valence electrons. The lowest BCUT2D eigenvalue weighted by Crippen LogP contribution is -2.15. The molecular formula is C14H11BrO5. The van der Waals surface area contributed by atoms with Gasteiger partial charge in [-0.25, -0.2) is 4.79 Å². The fourth-order valence-corrected chi connectivity index (χ4v) is 1.80. The van der Waals surface area contributed by atoms with Crippen LogP contribution in [0.15, 0.2) is 50.3 Å². The van der Waals surface area contributed by atoms with Crippen LogP contribution in [0, 0.1) is 0 Å². The number of benzene rings is 1. The minimum Gasteiger partial charge on any atom is -0.481 e. The number of esters is 1. The summed E-state index contributed by atoms with van der Waals surface area (Å²) in [5.41, 5.74) is 0.398. The van der Waals surface area contributed by atoms with Crippen molar-refractivity contribution in [2.45, 2.75) is 6.61 Å². The SMILES string of the molecule is COC(=O)c1occ(Br)c(=O)c1OCc1ccccc1. The molecule has 0 amide bonds. The predicted octanol–water partition coefficient (Wildman–Crippen LogP) is 2.77. The lowest BCUT2D eigenvalue weighted by molar-refractivity contribution is 0.0552. The van der Waals surface area contributed by atoms with Gasteiger partial charge in [-0.15, -0.1) is 0 Å². The van der Waals surface area contributed by atoms with Crippen LogP contribution in [0.1, 0.15) is 16.1 Å². The molecule has 0 radical (unpaired) electrons. The Labute approximate surface area is 123 Å². The Hall–Kier alpha value is -2.08. The third-order valence-corrected chi connectivity index (χ3v) is 3.05. The Morgan fingerprint density at radius 3 is 2.65 bits per heavy atom. The number of ether oxygens (including phenoxy) is 2. The lowest BCUT2D eigenvalue weighted by Gasteiger charge is -2.08. The summed E-state index contributed by atoms with van der Waals surface area (Å²) in [6.45, 7) is 0.145. The van der Waals surface area contributed by atoms with Crippen LogP contribution in [-0.4, -0.2) is 13.1 Å². The van der Waals surface area contributed by atoms with E-state index in [9.17, 15) is 9.59 Å². The Morgan fingerprint density at radius 1 is 1.30 bits per heavy atom. The van der Waals surface area contributed by atoms with Gasteiger partial charge in [-0.05, 0) is 21.5 Å². The number of carbonyl (C=O) groups is 1. The van der Waals surface area contributed by atoms with Gasteiger partial charge in [-0.3, -0.25) is 4.79 Å². The Balaban J connectivity index is 2.32. The largest absolute Gasteiger partial charge is 0.481 e. The van der Waals surface area contributed by atoms with Crippen LogP contribution in [0.5, 0.6) is 5.75 Å². The molecule has 5 nitrogen and oxygen atoms in total. The van der Waals surface area contributed by atoms with E-state index in [2.05, 4.69) is 20.7 Å². The Bertz CT molecular complexity index is 663. The summed E-state index contributed by atoms with van der Waals surface area (Å²) in [7, 11) is 1.20. The minimum absolute atomic E-state index is 0.145. The quantitative estimate of drug-likeness (QED) is 0.802. The maximum absolute atomic E-state index is 12.0. The van der Waals surface area contributed by atoms with Gasteiger partial charge in [0.1, 0.15) is 17.3 Å². The molecule has 1 aromatic carbocycles. The standard InChI is InChI=1S/C14H11BrO5/c1-18-14(17)13-12(11(16)10(15)8-20-13)19-7-9-5-3-2-4-6-9/h2-6,8H,7H2,1H3. The van der Waals surface area contributed by atoms with Crippen molar-refractivity contribution in [3.05, 3.63) is 62.6 Å². The van der Waals surface area contributed by atoms with Crippen molar-refractivity contribution in [2.24, 2.45) is 0 Å². The molecule has 20 heavy (non-hydrogen) atoms. The average molecular weight is 339 g/mol. The molecule has 0 aliphatic carbocycles. The maximum Gasteiger partial charge on any atom is 0.378 e. The minimum atomic E-state index is -0.766. The maximum atomic E-state index is 12.0. The summed E-state index contributed by atoms with van der Waals surface area (Å²) in [5, 5.41) is 0. The molecule has 0 N–H and O–H groups in total. The fraction of sp³-hybridized carbons (Fsp3) is 0.143. The summed E-state index contributed by atoms with van der Waals surface area (Å²) < 4.78 is 15.2. The van der Waals surface area contributed by atoms with E-state index in [-0.39, 0.29) is 22.6 Å². The summed E-state index contributed by atoms with van der Waals surface area (Å²) in [6, 6.07) is 9.26. The molecule has 2 rings (SSSR count). The van der Waals surface area contributed by atoms with Crippen LogP contribution in [0.4, 0.5) is 0 Å². The van der Waals surface area contributed by atoms with Gasteiger partial charge in [-0.1, -0.05) is 30.3 Å². The Morgan fingerprint density at radius 2 is 2.00 bits per heavy atom. The molecule has 1 heterocycles. The smallest absolute Gasteiger partial charge is 0.378 e. The Kier molecular flexibility index (Phi) is 4.57. The number of hydrogen-bond acceptors (Lipinski definition) is 5. The van der Waals surface area contributed by atoms with Gasteiger partial charge in [0.05, 0.1) is 7.11 Å². The van der Waals surface area contributed by atoms with E-state index >= 15 is 0 Å². The molecule has 1 aromatic heterocycles. The molecular weight excluding hydrogens is 328 g/mol. The van der Waals surface area contributed by atoms with Gasteiger partial charge in [0, 0.05) is 0 Å². The molecule has 0 aliphatic rings. The highest BCUT2D eigenvalue weighted by Gasteiger charge is 2.21. The van der Waals surface area contributed by atoms with E-state index < -0.39 is 11.4 Å². The highest BCUT2D eigenvalue weighted by atomic mass is 79.9. The first kappa shape index (κ1) is 14.3. The predicted molar refractivity (Wildman–Crippen MR) is 74.8 cm³/mol. The van der Waals surface area contributed by atoms with Gasteiger partial charge >= 0.3 is 5.97 Å². The first-order valence-corrected chi connectivity index (χ1v) is 6.49. The van der Waals surface area contributed by atoms with Crippen LogP contribution < -0.4 is 10.2 Å². The number of hydrogen-bond donors (Lipinski definition) is 0. The van der Waals surface area contributed by atoms with Crippen LogP contribution in [0.3, 0.4) is 0 Å². The average Bonchev–Trinajstić information content (AvgIpc) is 2.49. The highest BCUT2D eigenvalue weighted by molar-refractivity contribution is 9.10.